The molecule has 17 heavy (non-hydrogen) atoms. The molecule has 1 unspecified atom stereocenters. The molecule has 0 heterocycles. The first-order valence-electron chi connectivity index (χ1n) is 6.29. The Bertz CT molecular complexity index is 289. The zero-order chi connectivity index (χ0) is 12.9. The van der Waals surface area contributed by atoms with E-state index in [1.807, 2.05) is 13.8 Å². The lowest BCUT2D eigenvalue weighted by atomic mass is 9.96. The fourth-order valence-electron chi connectivity index (χ4n) is 1.90. The van der Waals surface area contributed by atoms with Gasteiger partial charge in [0.1, 0.15) is 0 Å². The lowest BCUT2D eigenvalue weighted by Gasteiger charge is -2.29. The predicted molar refractivity (Wildman–Crippen MR) is 66.2 cm³/mol. The lowest BCUT2D eigenvalue weighted by Crippen LogP contribution is -2.55. The summed E-state index contributed by atoms with van der Waals surface area (Å²) >= 11 is 0. The number of hydrogen-bond donors (Lipinski definition) is 3. The Labute approximate surface area is 103 Å². The molecule has 5 heteroatoms. The van der Waals surface area contributed by atoms with Crippen LogP contribution < -0.4 is 16.4 Å². The highest BCUT2D eigenvalue weighted by Gasteiger charge is 2.41. The Morgan fingerprint density at radius 2 is 2.00 bits per heavy atom. The summed E-state index contributed by atoms with van der Waals surface area (Å²) in [6.45, 7) is 4.38. The van der Waals surface area contributed by atoms with E-state index in [4.69, 9.17) is 5.73 Å². The van der Waals surface area contributed by atoms with Crippen LogP contribution in [0.15, 0.2) is 0 Å². The van der Waals surface area contributed by atoms with Crippen molar-refractivity contribution in [1.82, 2.24) is 10.6 Å². The molecule has 0 saturated heterocycles. The molecular formula is C12H23N3O2. The maximum absolute atomic E-state index is 11.7. The third-order valence-corrected chi connectivity index (χ3v) is 3.25. The molecule has 1 fully saturated rings. The molecule has 1 aliphatic carbocycles. The Balaban J connectivity index is 2.30. The summed E-state index contributed by atoms with van der Waals surface area (Å²) in [5.74, 6) is 0.251. The van der Waals surface area contributed by atoms with E-state index in [1.165, 1.54) is 0 Å². The highest BCUT2D eigenvalue weighted by Crippen LogP contribution is 2.38. The molecule has 5 nitrogen and oxygen atoms in total. The molecule has 0 radical (unpaired) electrons. The van der Waals surface area contributed by atoms with E-state index in [9.17, 15) is 9.59 Å². The number of nitrogens with two attached hydrogens (primary N) is 1. The van der Waals surface area contributed by atoms with Gasteiger partial charge in [0.25, 0.3) is 0 Å². The van der Waals surface area contributed by atoms with Gasteiger partial charge >= 0.3 is 0 Å². The van der Waals surface area contributed by atoms with Crippen molar-refractivity contribution in [2.24, 2.45) is 11.7 Å². The SMILES string of the molecule is CCCC(=O)NCC(=O)NC(C)(CN)C1CC1. The standard InChI is InChI=1S/C12H23N3O2/c1-3-4-10(16)14-7-11(17)15-12(2,8-13)9-5-6-9/h9H,3-8,13H2,1-2H3,(H,14,16)(H,15,17). The van der Waals surface area contributed by atoms with Gasteiger partial charge in [0, 0.05) is 13.0 Å². The summed E-state index contributed by atoms with van der Waals surface area (Å²) in [6, 6.07) is 0. The minimum atomic E-state index is -0.313. The fourth-order valence-corrected chi connectivity index (χ4v) is 1.90. The third kappa shape index (κ3) is 4.34. The molecule has 1 rings (SSSR count). The van der Waals surface area contributed by atoms with Crippen molar-refractivity contribution in [2.75, 3.05) is 13.1 Å². The van der Waals surface area contributed by atoms with Crippen LogP contribution >= 0.6 is 0 Å². The highest BCUT2D eigenvalue weighted by molar-refractivity contribution is 5.85. The number of rotatable bonds is 7. The first kappa shape index (κ1) is 14.0. The van der Waals surface area contributed by atoms with Gasteiger partial charge in [-0.05, 0) is 32.1 Å². The van der Waals surface area contributed by atoms with Crippen molar-refractivity contribution in [3.8, 4) is 0 Å². The molecule has 1 atom stereocenters. The highest BCUT2D eigenvalue weighted by atomic mass is 16.2. The van der Waals surface area contributed by atoms with Gasteiger partial charge in [-0.1, -0.05) is 6.92 Å². The maximum atomic E-state index is 11.7. The largest absolute Gasteiger partial charge is 0.348 e. The van der Waals surface area contributed by atoms with Gasteiger partial charge in [0.05, 0.1) is 12.1 Å². The number of amides is 2. The number of hydrogen-bond acceptors (Lipinski definition) is 3. The molecule has 0 aromatic carbocycles. The molecule has 0 aliphatic heterocycles. The normalized spacial score (nSPS) is 18.3. The monoisotopic (exact) mass is 241 g/mol. The smallest absolute Gasteiger partial charge is 0.239 e. The summed E-state index contributed by atoms with van der Waals surface area (Å²) in [6.07, 6.45) is 3.49. The molecule has 0 bridgehead atoms. The van der Waals surface area contributed by atoms with Crippen molar-refractivity contribution in [3.63, 3.8) is 0 Å². The van der Waals surface area contributed by atoms with Crippen LogP contribution in [0.25, 0.3) is 0 Å². The van der Waals surface area contributed by atoms with E-state index in [0.717, 1.165) is 19.3 Å². The van der Waals surface area contributed by atoms with Gasteiger partial charge in [-0.25, -0.2) is 0 Å². The first-order chi connectivity index (χ1) is 8.01. The second-order valence-corrected chi connectivity index (χ2v) is 4.97. The summed E-state index contributed by atoms with van der Waals surface area (Å²) < 4.78 is 0. The minimum absolute atomic E-state index is 0.0428. The molecule has 0 aromatic rings. The minimum Gasteiger partial charge on any atom is -0.348 e. The van der Waals surface area contributed by atoms with E-state index in [0.29, 0.717) is 18.9 Å². The Hall–Kier alpha value is -1.10. The summed E-state index contributed by atoms with van der Waals surface area (Å²) in [5, 5.41) is 5.52. The van der Waals surface area contributed by atoms with Crippen LogP contribution in [0.2, 0.25) is 0 Å². The zero-order valence-corrected chi connectivity index (χ0v) is 10.7. The van der Waals surface area contributed by atoms with E-state index in [1.54, 1.807) is 0 Å². The van der Waals surface area contributed by atoms with Crippen molar-refractivity contribution in [3.05, 3.63) is 0 Å². The quantitative estimate of drug-likeness (QED) is 0.593. The van der Waals surface area contributed by atoms with Crippen LogP contribution in [-0.4, -0.2) is 30.4 Å². The van der Waals surface area contributed by atoms with E-state index < -0.39 is 0 Å². The topological polar surface area (TPSA) is 84.2 Å². The summed E-state index contributed by atoms with van der Waals surface area (Å²) in [4.78, 5) is 22.9. The van der Waals surface area contributed by atoms with Crippen LogP contribution in [0.5, 0.6) is 0 Å². The third-order valence-electron chi connectivity index (χ3n) is 3.25. The van der Waals surface area contributed by atoms with Gasteiger partial charge in [0.15, 0.2) is 0 Å². The number of carbonyl (C=O) groups is 2. The van der Waals surface area contributed by atoms with Crippen molar-refractivity contribution in [1.29, 1.82) is 0 Å². The van der Waals surface area contributed by atoms with Gasteiger partial charge in [-0.2, -0.15) is 0 Å². The molecule has 98 valence electrons. The number of nitrogens with one attached hydrogen (secondary N) is 2. The Kier molecular flexibility index (Phi) is 4.93. The second-order valence-electron chi connectivity index (χ2n) is 4.97. The second kappa shape index (κ2) is 6.00. The number of carbonyl (C=O) groups excluding carboxylic acids is 2. The van der Waals surface area contributed by atoms with Crippen LogP contribution in [0.1, 0.15) is 39.5 Å². The molecular weight excluding hydrogens is 218 g/mol. The van der Waals surface area contributed by atoms with Crippen LogP contribution in [0.4, 0.5) is 0 Å². The molecule has 1 saturated carbocycles. The van der Waals surface area contributed by atoms with Gasteiger partial charge in [-0.15, -0.1) is 0 Å². The van der Waals surface area contributed by atoms with Crippen LogP contribution in [0, 0.1) is 5.92 Å². The van der Waals surface area contributed by atoms with E-state index >= 15 is 0 Å². The van der Waals surface area contributed by atoms with Crippen molar-refractivity contribution >= 4 is 11.8 Å². The summed E-state index contributed by atoms with van der Waals surface area (Å²) in [7, 11) is 0. The molecule has 1 aliphatic rings. The van der Waals surface area contributed by atoms with Crippen LogP contribution in [-0.2, 0) is 9.59 Å². The van der Waals surface area contributed by atoms with E-state index in [2.05, 4.69) is 10.6 Å². The summed E-state index contributed by atoms with van der Waals surface area (Å²) in [5.41, 5.74) is 5.38. The molecule has 0 spiro atoms. The average molecular weight is 241 g/mol. The average Bonchev–Trinajstić information content (AvgIpc) is 3.10. The molecule has 2 amide bonds. The van der Waals surface area contributed by atoms with Crippen molar-refractivity contribution < 1.29 is 9.59 Å². The van der Waals surface area contributed by atoms with Gasteiger partial charge < -0.3 is 16.4 Å². The Morgan fingerprint density at radius 1 is 1.35 bits per heavy atom. The molecule has 4 N–H and O–H groups in total. The first-order valence-corrected chi connectivity index (χ1v) is 6.29. The fraction of sp³-hybridized carbons (Fsp3) is 0.833. The van der Waals surface area contributed by atoms with Gasteiger partial charge in [0.2, 0.25) is 11.8 Å². The van der Waals surface area contributed by atoms with Crippen LogP contribution in [0.3, 0.4) is 0 Å². The van der Waals surface area contributed by atoms with E-state index in [-0.39, 0.29) is 23.9 Å². The van der Waals surface area contributed by atoms with Gasteiger partial charge in [-0.3, -0.25) is 9.59 Å². The zero-order valence-electron chi connectivity index (χ0n) is 10.7. The predicted octanol–water partition coefficient (Wildman–Crippen LogP) is 0.146. The molecule has 0 aromatic heterocycles. The lowest BCUT2D eigenvalue weighted by molar-refractivity contribution is -0.127. The Morgan fingerprint density at radius 3 is 2.47 bits per heavy atom. The maximum Gasteiger partial charge on any atom is 0.239 e. The van der Waals surface area contributed by atoms with Crippen molar-refractivity contribution in [2.45, 2.75) is 45.1 Å².